The van der Waals surface area contributed by atoms with Crippen molar-refractivity contribution in [2.45, 2.75) is 39.7 Å². The standard InChI is InChI=1S/C6H6.C5H11N.C2H6/c1-2-4-6-5-3-1;1-2-6-5-3-4-5;1-2/h1-6H;5-6H,2-4H2,1H3;1-2H3. The van der Waals surface area contributed by atoms with Crippen LogP contribution in [0.25, 0.3) is 0 Å². The molecule has 2 rings (SSSR count). The SMILES string of the molecule is CC.CCNC1CC1.c1ccccc1. The number of nitrogens with one attached hydrogen (secondary N) is 1. The summed E-state index contributed by atoms with van der Waals surface area (Å²) in [5.41, 5.74) is 0. The molecule has 1 aromatic rings. The highest BCUT2D eigenvalue weighted by atomic mass is 14.9. The van der Waals surface area contributed by atoms with Gasteiger partial charge < -0.3 is 5.32 Å². The third-order valence-electron chi connectivity index (χ3n) is 1.74. The zero-order valence-electron chi connectivity index (χ0n) is 9.66. The summed E-state index contributed by atoms with van der Waals surface area (Å²) < 4.78 is 0. The molecule has 1 aliphatic carbocycles. The summed E-state index contributed by atoms with van der Waals surface area (Å²) >= 11 is 0. The molecule has 1 nitrogen and oxygen atoms in total. The van der Waals surface area contributed by atoms with Crippen LogP contribution in [0.1, 0.15) is 33.6 Å². The van der Waals surface area contributed by atoms with E-state index in [0.717, 1.165) is 12.6 Å². The molecule has 1 heteroatoms. The molecule has 0 heterocycles. The number of benzene rings is 1. The molecule has 0 unspecified atom stereocenters. The lowest BCUT2D eigenvalue weighted by molar-refractivity contribution is 0.721. The summed E-state index contributed by atoms with van der Waals surface area (Å²) in [6, 6.07) is 12.9. The van der Waals surface area contributed by atoms with Crippen LogP contribution in [0.3, 0.4) is 0 Å². The average Bonchev–Trinajstić information content (AvgIpc) is 3.09. The molecule has 0 radical (unpaired) electrons. The molecule has 0 aliphatic heterocycles. The van der Waals surface area contributed by atoms with Gasteiger partial charge in [0.1, 0.15) is 0 Å². The number of hydrogen-bond acceptors (Lipinski definition) is 1. The molecular weight excluding hydrogens is 170 g/mol. The fourth-order valence-electron chi connectivity index (χ4n) is 0.961. The van der Waals surface area contributed by atoms with Crippen molar-refractivity contribution in [2.24, 2.45) is 0 Å². The molecule has 0 bridgehead atoms. The molecule has 1 aliphatic rings. The first kappa shape index (κ1) is 13.2. The largest absolute Gasteiger partial charge is 0.314 e. The second-order valence-electron chi connectivity index (χ2n) is 2.99. The Morgan fingerprint density at radius 3 is 1.43 bits per heavy atom. The lowest BCUT2D eigenvalue weighted by atomic mass is 10.4. The van der Waals surface area contributed by atoms with Crippen LogP contribution >= 0.6 is 0 Å². The third kappa shape index (κ3) is 9.27. The highest BCUT2D eigenvalue weighted by molar-refractivity contribution is 4.99. The van der Waals surface area contributed by atoms with E-state index >= 15 is 0 Å². The Morgan fingerprint density at radius 2 is 1.29 bits per heavy atom. The van der Waals surface area contributed by atoms with Crippen molar-refractivity contribution in [1.29, 1.82) is 0 Å². The van der Waals surface area contributed by atoms with Gasteiger partial charge in [-0.1, -0.05) is 57.2 Å². The van der Waals surface area contributed by atoms with Crippen LogP contribution in [-0.4, -0.2) is 12.6 Å². The predicted molar refractivity (Wildman–Crippen MR) is 64.5 cm³/mol. The first-order valence-electron chi connectivity index (χ1n) is 5.67. The van der Waals surface area contributed by atoms with Gasteiger partial charge in [-0.2, -0.15) is 0 Å². The summed E-state index contributed by atoms with van der Waals surface area (Å²) in [4.78, 5) is 0. The van der Waals surface area contributed by atoms with E-state index in [1.54, 1.807) is 0 Å². The van der Waals surface area contributed by atoms with Gasteiger partial charge in [0.05, 0.1) is 0 Å². The summed E-state index contributed by atoms with van der Waals surface area (Å²) in [6.07, 6.45) is 2.82. The van der Waals surface area contributed by atoms with Crippen LogP contribution in [0.15, 0.2) is 36.4 Å². The normalized spacial score (nSPS) is 13.1. The lowest BCUT2D eigenvalue weighted by Crippen LogP contribution is -2.14. The fourth-order valence-corrected chi connectivity index (χ4v) is 0.961. The topological polar surface area (TPSA) is 12.0 Å². The van der Waals surface area contributed by atoms with Crippen molar-refractivity contribution < 1.29 is 0 Å². The molecule has 1 aromatic carbocycles. The van der Waals surface area contributed by atoms with Gasteiger partial charge in [0.15, 0.2) is 0 Å². The predicted octanol–water partition coefficient (Wildman–Crippen LogP) is 3.47. The van der Waals surface area contributed by atoms with E-state index in [1.807, 2.05) is 50.2 Å². The Kier molecular flexibility index (Phi) is 9.66. The Morgan fingerprint density at radius 1 is 0.929 bits per heavy atom. The van der Waals surface area contributed by atoms with Gasteiger partial charge in [0.25, 0.3) is 0 Å². The summed E-state index contributed by atoms with van der Waals surface area (Å²) in [5.74, 6) is 0. The van der Waals surface area contributed by atoms with E-state index in [-0.39, 0.29) is 0 Å². The van der Waals surface area contributed by atoms with Crippen molar-refractivity contribution in [1.82, 2.24) is 5.32 Å². The van der Waals surface area contributed by atoms with Gasteiger partial charge in [0, 0.05) is 6.04 Å². The molecule has 14 heavy (non-hydrogen) atoms. The molecule has 0 spiro atoms. The smallest absolute Gasteiger partial charge is 0.00681 e. The maximum atomic E-state index is 3.32. The first-order valence-corrected chi connectivity index (χ1v) is 5.67. The van der Waals surface area contributed by atoms with Crippen molar-refractivity contribution in [3.05, 3.63) is 36.4 Å². The summed E-state index contributed by atoms with van der Waals surface area (Å²) in [7, 11) is 0. The van der Waals surface area contributed by atoms with Crippen molar-refractivity contribution in [2.75, 3.05) is 6.54 Å². The third-order valence-corrected chi connectivity index (χ3v) is 1.74. The van der Waals surface area contributed by atoms with Crippen LogP contribution in [0, 0.1) is 0 Å². The molecule has 1 fully saturated rings. The molecule has 0 aromatic heterocycles. The highest BCUT2D eigenvalue weighted by Gasteiger charge is 2.18. The second kappa shape index (κ2) is 10.3. The number of hydrogen-bond donors (Lipinski definition) is 1. The van der Waals surface area contributed by atoms with E-state index in [9.17, 15) is 0 Å². The Bertz CT molecular complexity index is 153. The van der Waals surface area contributed by atoms with Crippen molar-refractivity contribution in [3.8, 4) is 0 Å². The zero-order valence-corrected chi connectivity index (χ0v) is 9.66. The number of rotatable bonds is 2. The van der Waals surface area contributed by atoms with Crippen LogP contribution < -0.4 is 5.32 Å². The molecule has 1 N–H and O–H groups in total. The van der Waals surface area contributed by atoms with Crippen LogP contribution in [-0.2, 0) is 0 Å². The minimum absolute atomic E-state index is 0.898. The monoisotopic (exact) mass is 193 g/mol. The highest BCUT2D eigenvalue weighted by Crippen LogP contribution is 2.17. The lowest BCUT2D eigenvalue weighted by Gasteiger charge is -1.89. The molecule has 1 saturated carbocycles. The van der Waals surface area contributed by atoms with Gasteiger partial charge >= 0.3 is 0 Å². The average molecular weight is 193 g/mol. The van der Waals surface area contributed by atoms with Gasteiger partial charge in [-0.15, -0.1) is 0 Å². The van der Waals surface area contributed by atoms with Crippen LogP contribution in [0.5, 0.6) is 0 Å². The Labute approximate surface area is 88.5 Å². The molecule has 0 amide bonds. The first-order chi connectivity index (χ1) is 6.93. The van der Waals surface area contributed by atoms with Gasteiger partial charge in [0.2, 0.25) is 0 Å². The van der Waals surface area contributed by atoms with Gasteiger partial charge in [-0.05, 0) is 19.4 Å². The maximum absolute atomic E-state index is 3.32. The molecule has 80 valence electrons. The molecular formula is C13H23N. The Balaban J connectivity index is 0.000000206. The summed E-state index contributed by atoms with van der Waals surface area (Å²) in [5, 5.41) is 3.32. The van der Waals surface area contributed by atoms with E-state index in [4.69, 9.17) is 0 Å². The van der Waals surface area contributed by atoms with Gasteiger partial charge in [-0.25, -0.2) is 0 Å². The van der Waals surface area contributed by atoms with E-state index in [1.165, 1.54) is 12.8 Å². The fraction of sp³-hybridized carbons (Fsp3) is 0.538. The van der Waals surface area contributed by atoms with Crippen molar-refractivity contribution >= 4 is 0 Å². The summed E-state index contributed by atoms with van der Waals surface area (Å²) in [6.45, 7) is 7.29. The van der Waals surface area contributed by atoms with Gasteiger partial charge in [-0.3, -0.25) is 0 Å². The van der Waals surface area contributed by atoms with E-state index in [2.05, 4.69) is 12.2 Å². The van der Waals surface area contributed by atoms with E-state index < -0.39 is 0 Å². The molecule has 0 atom stereocenters. The van der Waals surface area contributed by atoms with Crippen LogP contribution in [0.4, 0.5) is 0 Å². The second-order valence-corrected chi connectivity index (χ2v) is 2.99. The molecule has 0 saturated heterocycles. The quantitative estimate of drug-likeness (QED) is 0.758. The van der Waals surface area contributed by atoms with E-state index in [0.29, 0.717) is 0 Å². The minimum Gasteiger partial charge on any atom is -0.314 e. The van der Waals surface area contributed by atoms with Crippen molar-refractivity contribution in [3.63, 3.8) is 0 Å². The Hall–Kier alpha value is -0.820. The maximum Gasteiger partial charge on any atom is 0.00681 e. The minimum atomic E-state index is 0.898. The van der Waals surface area contributed by atoms with Crippen LogP contribution in [0.2, 0.25) is 0 Å². The zero-order chi connectivity index (χ0) is 10.6.